The van der Waals surface area contributed by atoms with Crippen LogP contribution in [0.2, 0.25) is 0 Å². The summed E-state index contributed by atoms with van der Waals surface area (Å²) in [6, 6.07) is 38.0. The minimum atomic E-state index is -0.255. The van der Waals surface area contributed by atoms with E-state index in [0.717, 1.165) is 67.0 Å². The molecule has 8 rings (SSSR count). The van der Waals surface area contributed by atoms with Gasteiger partial charge in [0.05, 0.1) is 0 Å². The molecule has 0 amide bonds. The molecule has 223 valence electrons. The summed E-state index contributed by atoms with van der Waals surface area (Å²) in [4.78, 5) is 8.84. The molecule has 0 aliphatic rings. The molecule has 0 fully saturated rings. The molecular formula is C40H29FIrN2O-2. The van der Waals surface area contributed by atoms with E-state index in [9.17, 15) is 4.39 Å². The maximum atomic E-state index is 13.8. The minimum absolute atomic E-state index is 0. The number of benzene rings is 5. The van der Waals surface area contributed by atoms with Crippen molar-refractivity contribution in [1.29, 1.82) is 0 Å². The number of pyridine rings is 2. The SMILES string of the molecule is CCc1cc2c3ccnc(-c4[c-]cc(F)c(C)c4)c3ccc2c2oc3cc(C)ccc3c12.[Ir].[c-]1ccccc1-c1ccccn1. The molecule has 0 bridgehead atoms. The zero-order valence-corrected chi connectivity index (χ0v) is 27.5. The number of fused-ring (bicyclic) bond motifs is 7. The van der Waals surface area contributed by atoms with E-state index in [2.05, 4.69) is 78.4 Å². The summed E-state index contributed by atoms with van der Waals surface area (Å²) in [5.41, 5.74) is 8.52. The fraction of sp³-hybridized carbons (Fsp3) is 0.100. The molecule has 1 radical (unpaired) electrons. The Morgan fingerprint density at radius 2 is 1.56 bits per heavy atom. The minimum Gasteiger partial charge on any atom is -0.455 e. The molecule has 0 atom stereocenters. The summed E-state index contributed by atoms with van der Waals surface area (Å²) in [6.45, 7) is 6.03. The third-order valence-electron chi connectivity index (χ3n) is 8.09. The molecule has 5 aromatic carbocycles. The van der Waals surface area contributed by atoms with Gasteiger partial charge in [-0.25, -0.2) is 0 Å². The zero-order chi connectivity index (χ0) is 30.2. The Bertz CT molecular complexity index is 2260. The first-order chi connectivity index (χ1) is 21.5. The number of hydrogen-bond acceptors (Lipinski definition) is 3. The van der Waals surface area contributed by atoms with Crippen molar-refractivity contribution in [2.45, 2.75) is 27.2 Å². The molecule has 5 heteroatoms. The number of halogens is 1. The van der Waals surface area contributed by atoms with Gasteiger partial charge in [0.1, 0.15) is 11.2 Å². The fourth-order valence-electron chi connectivity index (χ4n) is 5.88. The average molecular weight is 765 g/mol. The molecule has 0 saturated carbocycles. The van der Waals surface area contributed by atoms with E-state index >= 15 is 0 Å². The van der Waals surface area contributed by atoms with Gasteiger partial charge in [-0.05, 0) is 76.3 Å². The molecule has 3 nitrogen and oxygen atoms in total. The number of hydrogen-bond donors (Lipinski definition) is 0. The van der Waals surface area contributed by atoms with Crippen molar-refractivity contribution in [3.05, 3.63) is 144 Å². The van der Waals surface area contributed by atoms with Gasteiger partial charge in [0.2, 0.25) is 0 Å². The standard InChI is InChI=1S/C29H21FNO.C11H8N.Ir/c1-4-18-15-24-20-11-12-31-28(19-6-10-25(30)17(3)14-19)21(20)8-9-22(24)29-27(18)23-7-5-16(2)13-26(23)32-29;1-2-6-10(7-3-1)11-8-4-5-9-12-11;/h5,7-15H,4H2,1-3H3;1-6,8-9H;/q2*-1;. The maximum absolute atomic E-state index is 13.8. The third-order valence-corrected chi connectivity index (χ3v) is 8.09. The Morgan fingerprint density at radius 3 is 2.31 bits per heavy atom. The van der Waals surface area contributed by atoms with E-state index in [1.54, 1.807) is 13.1 Å². The van der Waals surface area contributed by atoms with Crippen LogP contribution in [0.5, 0.6) is 0 Å². The largest absolute Gasteiger partial charge is 0.455 e. The Kier molecular flexibility index (Phi) is 8.58. The summed E-state index contributed by atoms with van der Waals surface area (Å²) in [5.74, 6) is -0.255. The Labute approximate surface area is 275 Å². The van der Waals surface area contributed by atoms with Crippen LogP contribution >= 0.6 is 0 Å². The van der Waals surface area contributed by atoms with Crippen LogP contribution in [0.3, 0.4) is 0 Å². The Balaban J connectivity index is 0.000000231. The van der Waals surface area contributed by atoms with Crippen molar-refractivity contribution in [2.75, 3.05) is 0 Å². The first kappa shape index (κ1) is 30.3. The molecule has 45 heavy (non-hydrogen) atoms. The molecule has 3 aromatic heterocycles. The van der Waals surface area contributed by atoms with E-state index in [0.29, 0.717) is 5.56 Å². The van der Waals surface area contributed by atoms with Crippen molar-refractivity contribution in [1.82, 2.24) is 9.97 Å². The van der Waals surface area contributed by atoms with Crippen LogP contribution in [0, 0.1) is 31.8 Å². The number of aromatic nitrogens is 2. The number of rotatable bonds is 3. The van der Waals surface area contributed by atoms with Crippen molar-refractivity contribution >= 4 is 43.5 Å². The Morgan fingerprint density at radius 1 is 0.733 bits per heavy atom. The van der Waals surface area contributed by atoms with Crippen LogP contribution < -0.4 is 0 Å². The van der Waals surface area contributed by atoms with Gasteiger partial charge < -0.3 is 14.4 Å². The topological polar surface area (TPSA) is 38.9 Å². The Hall–Kier alpha value is -4.70. The van der Waals surface area contributed by atoms with Gasteiger partial charge in [0, 0.05) is 54.5 Å². The summed E-state index contributed by atoms with van der Waals surface area (Å²) in [6.07, 6.45) is 4.52. The van der Waals surface area contributed by atoms with E-state index < -0.39 is 0 Å². The van der Waals surface area contributed by atoms with Gasteiger partial charge >= 0.3 is 0 Å². The second kappa shape index (κ2) is 12.7. The van der Waals surface area contributed by atoms with Crippen molar-refractivity contribution in [2.24, 2.45) is 0 Å². The van der Waals surface area contributed by atoms with Gasteiger partial charge in [-0.3, -0.25) is 4.39 Å². The molecule has 0 aliphatic heterocycles. The molecule has 0 N–H and O–H groups in total. The molecule has 0 saturated heterocycles. The van der Waals surface area contributed by atoms with Gasteiger partial charge in [-0.1, -0.05) is 55.8 Å². The smallest absolute Gasteiger partial charge is 0.143 e. The summed E-state index contributed by atoms with van der Waals surface area (Å²) >= 11 is 0. The van der Waals surface area contributed by atoms with Gasteiger partial charge in [0.15, 0.2) is 0 Å². The third kappa shape index (κ3) is 5.66. The van der Waals surface area contributed by atoms with Crippen LogP contribution in [-0.4, -0.2) is 9.97 Å². The van der Waals surface area contributed by atoms with Crippen LogP contribution in [0.4, 0.5) is 4.39 Å². The van der Waals surface area contributed by atoms with Gasteiger partial charge in [-0.2, -0.15) is 0 Å². The van der Waals surface area contributed by atoms with Crippen molar-refractivity contribution < 1.29 is 28.9 Å². The molecule has 8 aromatic rings. The van der Waals surface area contributed by atoms with Crippen molar-refractivity contribution in [3.8, 4) is 22.5 Å². The molecule has 0 unspecified atom stereocenters. The summed E-state index contributed by atoms with van der Waals surface area (Å²) in [7, 11) is 0. The number of nitrogens with zero attached hydrogens (tertiary/aromatic N) is 2. The second-order valence-electron chi connectivity index (χ2n) is 11.0. The second-order valence-corrected chi connectivity index (χ2v) is 11.0. The van der Waals surface area contributed by atoms with Crippen LogP contribution in [0.25, 0.3) is 66.0 Å². The molecule has 3 heterocycles. The normalized spacial score (nSPS) is 11.0. The number of furan rings is 1. The maximum Gasteiger partial charge on any atom is 0.143 e. The molecule has 0 spiro atoms. The molecule has 0 aliphatic carbocycles. The summed E-state index contributed by atoms with van der Waals surface area (Å²) < 4.78 is 20.2. The van der Waals surface area contributed by atoms with E-state index in [-0.39, 0.29) is 25.9 Å². The first-order valence-corrected chi connectivity index (χ1v) is 14.7. The predicted molar refractivity (Wildman–Crippen MR) is 178 cm³/mol. The predicted octanol–water partition coefficient (Wildman–Crippen LogP) is 10.6. The van der Waals surface area contributed by atoms with Crippen LogP contribution in [0.1, 0.15) is 23.6 Å². The summed E-state index contributed by atoms with van der Waals surface area (Å²) in [5, 5.41) is 6.73. The van der Waals surface area contributed by atoms with Crippen molar-refractivity contribution in [3.63, 3.8) is 0 Å². The van der Waals surface area contributed by atoms with E-state index in [1.807, 2.05) is 54.7 Å². The fourth-order valence-corrected chi connectivity index (χ4v) is 5.88. The van der Waals surface area contributed by atoms with E-state index in [1.165, 1.54) is 22.6 Å². The van der Waals surface area contributed by atoms with Crippen LogP contribution in [0.15, 0.2) is 114 Å². The van der Waals surface area contributed by atoms with Crippen LogP contribution in [-0.2, 0) is 26.5 Å². The monoisotopic (exact) mass is 765 g/mol. The number of aryl methyl sites for hydroxylation is 3. The average Bonchev–Trinajstić information content (AvgIpc) is 3.45. The quantitative estimate of drug-likeness (QED) is 0.133. The molecular weight excluding hydrogens is 736 g/mol. The van der Waals surface area contributed by atoms with Gasteiger partial charge in [-0.15, -0.1) is 59.7 Å². The van der Waals surface area contributed by atoms with Gasteiger partial charge in [0.25, 0.3) is 0 Å². The van der Waals surface area contributed by atoms with E-state index in [4.69, 9.17) is 4.42 Å². The first-order valence-electron chi connectivity index (χ1n) is 14.7. The zero-order valence-electron chi connectivity index (χ0n) is 25.1.